The SMILES string of the molecule is CCCC1CCC2CCCCC12C(O)O. The number of aliphatic hydroxyl groups excluding tert-OH is 1. The lowest BCUT2D eigenvalue weighted by molar-refractivity contribution is -0.181. The topological polar surface area (TPSA) is 40.5 Å². The molecule has 0 saturated heterocycles. The first-order valence-corrected chi connectivity index (χ1v) is 6.58. The molecular formula is C13H24O2. The van der Waals surface area contributed by atoms with Crippen LogP contribution in [0.3, 0.4) is 0 Å². The third kappa shape index (κ3) is 1.72. The predicted octanol–water partition coefficient (Wildman–Crippen LogP) is 2.68. The van der Waals surface area contributed by atoms with Gasteiger partial charge in [-0.1, -0.05) is 26.2 Å². The van der Waals surface area contributed by atoms with Crippen LogP contribution < -0.4 is 0 Å². The van der Waals surface area contributed by atoms with Crippen LogP contribution >= 0.6 is 0 Å². The molecule has 2 fully saturated rings. The second kappa shape index (κ2) is 4.42. The van der Waals surface area contributed by atoms with Gasteiger partial charge in [0, 0.05) is 5.41 Å². The maximum atomic E-state index is 9.79. The van der Waals surface area contributed by atoms with Crippen molar-refractivity contribution < 1.29 is 10.2 Å². The molecule has 0 radical (unpaired) electrons. The highest BCUT2D eigenvalue weighted by molar-refractivity contribution is 5.00. The summed E-state index contributed by atoms with van der Waals surface area (Å²) in [7, 11) is 0. The zero-order valence-electron chi connectivity index (χ0n) is 9.78. The minimum atomic E-state index is -1.08. The molecule has 0 heterocycles. The molecule has 15 heavy (non-hydrogen) atoms. The number of hydrogen-bond acceptors (Lipinski definition) is 2. The zero-order chi connectivity index (χ0) is 10.9. The molecule has 0 spiro atoms. The quantitative estimate of drug-likeness (QED) is 0.706. The van der Waals surface area contributed by atoms with Gasteiger partial charge >= 0.3 is 0 Å². The van der Waals surface area contributed by atoms with Crippen molar-refractivity contribution in [2.75, 3.05) is 0 Å². The van der Waals surface area contributed by atoms with Crippen LogP contribution in [0.4, 0.5) is 0 Å². The lowest BCUT2D eigenvalue weighted by Gasteiger charge is -2.45. The molecule has 2 aliphatic carbocycles. The normalized spacial score (nSPS) is 40.8. The van der Waals surface area contributed by atoms with Crippen LogP contribution in [0, 0.1) is 17.3 Å². The fraction of sp³-hybridized carbons (Fsp3) is 1.00. The molecule has 3 unspecified atom stereocenters. The molecule has 2 aliphatic rings. The van der Waals surface area contributed by atoms with Crippen LogP contribution in [0.2, 0.25) is 0 Å². The molecule has 0 bridgehead atoms. The average Bonchev–Trinajstić information content (AvgIpc) is 2.60. The standard InChI is InChI=1S/C13H24O2/c1-2-5-10-7-8-11-6-3-4-9-13(10,11)12(14)15/h10-12,14-15H,2-9H2,1H3. The molecule has 0 aromatic rings. The maximum absolute atomic E-state index is 9.79. The van der Waals surface area contributed by atoms with Crippen LogP contribution in [0.25, 0.3) is 0 Å². The largest absolute Gasteiger partial charge is 0.368 e. The van der Waals surface area contributed by atoms with E-state index in [-0.39, 0.29) is 5.41 Å². The summed E-state index contributed by atoms with van der Waals surface area (Å²) in [6, 6.07) is 0. The van der Waals surface area contributed by atoms with Gasteiger partial charge in [0.05, 0.1) is 0 Å². The van der Waals surface area contributed by atoms with Gasteiger partial charge < -0.3 is 10.2 Å². The monoisotopic (exact) mass is 212 g/mol. The summed E-state index contributed by atoms with van der Waals surface area (Å²) >= 11 is 0. The Labute approximate surface area is 92.7 Å². The van der Waals surface area contributed by atoms with Gasteiger partial charge in [0.15, 0.2) is 6.29 Å². The molecule has 0 aliphatic heterocycles. The van der Waals surface area contributed by atoms with E-state index in [4.69, 9.17) is 0 Å². The Bertz CT molecular complexity index is 215. The van der Waals surface area contributed by atoms with Crippen molar-refractivity contribution in [3.8, 4) is 0 Å². The summed E-state index contributed by atoms with van der Waals surface area (Å²) in [5.74, 6) is 1.15. The smallest absolute Gasteiger partial charge is 0.157 e. The highest BCUT2D eigenvalue weighted by Crippen LogP contribution is 2.58. The van der Waals surface area contributed by atoms with Crippen molar-refractivity contribution in [3.05, 3.63) is 0 Å². The van der Waals surface area contributed by atoms with E-state index in [1.165, 1.54) is 44.9 Å². The first-order chi connectivity index (χ1) is 7.21. The molecule has 2 saturated carbocycles. The van der Waals surface area contributed by atoms with Crippen molar-refractivity contribution in [3.63, 3.8) is 0 Å². The molecule has 88 valence electrons. The van der Waals surface area contributed by atoms with Gasteiger partial charge in [0.1, 0.15) is 0 Å². The first-order valence-electron chi connectivity index (χ1n) is 6.58. The van der Waals surface area contributed by atoms with Crippen LogP contribution in [0.15, 0.2) is 0 Å². The Hall–Kier alpha value is -0.0800. The summed E-state index contributed by atoms with van der Waals surface area (Å²) in [4.78, 5) is 0. The minimum Gasteiger partial charge on any atom is -0.368 e. The number of aliphatic hydroxyl groups is 2. The van der Waals surface area contributed by atoms with Crippen molar-refractivity contribution in [1.82, 2.24) is 0 Å². The van der Waals surface area contributed by atoms with E-state index in [1.54, 1.807) is 0 Å². The fourth-order valence-corrected chi connectivity index (χ4v) is 4.23. The lowest BCUT2D eigenvalue weighted by atomic mass is 9.62. The molecule has 2 heteroatoms. The fourth-order valence-electron chi connectivity index (χ4n) is 4.23. The Balaban J connectivity index is 2.20. The van der Waals surface area contributed by atoms with Crippen molar-refractivity contribution >= 4 is 0 Å². The van der Waals surface area contributed by atoms with E-state index in [1.807, 2.05) is 0 Å². The van der Waals surface area contributed by atoms with Gasteiger partial charge in [-0.25, -0.2) is 0 Å². The van der Waals surface area contributed by atoms with Crippen LogP contribution in [0.1, 0.15) is 58.3 Å². The molecule has 2 nitrogen and oxygen atoms in total. The van der Waals surface area contributed by atoms with E-state index >= 15 is 0 Å². The Morgan fingerprint density at radius 2 is 2.00 bits per heavy atom. The first kappa shape index (κ1) is 11.4. The number of rotatable bonds is 3. The number of fused-ring (bicyclic) bond motifs is 1. The average molecular weight is 212 g/mol. The van der Waals surface area contributed by atoms with E-state index in [0.717, 1.165) is 6.42 Å². The summed E-state index contributed by atoms with van der Waals surface area (Å²) in [6.07, 6.45) is 8.45. The molecule has 3 atom stereocenters. The summed E-state index contributed by atoms with van der Waals surface area (Å²) in [5.41, 5.74) is -0.131. The summed E-state index contributed by atoms with van der Waals surface area (Å²) < 4.78 is 0. The summed E-state index contributed by atoms with van der Waals surface area (Å²) in [6.45, 7) is 2.20. The second-order valence-corrected chi connectivity index (χ2v) is 5.49. The van der Waals surface area contributed by atoms with Crippen LogP contribution in [-0.2, 0) is 0 Å². The Morgan fingerprint density at radius 3 is 2.67 bits per heavy atom. The maximum Gasteiger partial charge on any atom is 0.157 e. The molecule has 2 rings (SSSR count). The van der Waals surface area contributed by atoms with Gasteiger partial charge in [0.2, 0.25) is 0 Å². The second-order valence-electron chi connectivity index (χ2n) is 5.49. The van der Waals surface area contributed by atoms with Gasteiger partial charge in [-0.2, -0.15) is 0 Å². The van der Waals surface area contributed by atoms with Crippen molar-refractivity contribution in [2.45, 2.75) is 64.6 Å². The van der Waals surface area contributed by atoms with Crippen LogP contribution in [0.5, 0.6) is 0 Å². The van der Waals surface area contributed by atoms with Crippen molar-refractivity contribution in [1.29, 1.82) is 0 Å². The minimum absolute atomic E-state index is 0.131. The highest BCUT2D eigenvalue weighted by Gasteiger charge is 2.54. The third-order valence-corrected chi connectivity index (χ3v) is 4.91. The highest BCUT2D eigenvalue weighted by atomic mass is 16.5. The van der Waals surface area contributed by atoms with Gasteiger partial charge in [0.25, 0.3) is 0 Å². The van der Waals surface area contributed by atoms with Crippen LogP contribution in [-0.4, -0.2) is 16.5 Å². The van der Waals surface area contributed by atoms with Gasteiger partial charge in [-0.15, -0.1) is 0 Å². The number of hydrogen-bond donors (Lipinski definition) is 2. The molecule has 0 aromatic carbocycles. The Morgan fingerprint density at radius 1 is 1.20 bits per heavy atom. The zero-order valence-corrected chi connectivity index (χ0v) is 9.78. The molecular weight excluding hydrogens is 188 g/mol. The summed E-state index contributed by atoms with van der Waals surface area (Å²) in [5, 5.41) is 19.6. The lowest BCUT2D eigenvalue weighted by Crippen LogP contribution is -2.45. The molecule has 0 amide bonds. The third-order valence-electron chi connectivity index (χ3n) is 4.91. The molecule has 2 N–H and O–H groups in total. The van der Waals surface area contributed by atoms with Gasteiger partial charge in [-0.3, -0.25) is 0 Å². The van der Waals surface area contributed by atoms with E-state index in [0.29, 0.717) is 11.8 Å². The molecule has 0 aromatic heterocycles. The van der Waals surface area contributed by atoms with E-state index in [9.17, 15) is 10.2 Å². The Kier molecular flexibility index (Phi) is 3.36. The van der Waals surface area contributed by atoms with Crippen molar-refractivity contribution in [2.24, 2.45) is 17.3 Å². The van der Waals surface area contributed by atoms with E-state index < -0.39 is 6.29 Å². The predicted molar refractivity (Wildman–Crippen MR) is 60.2 cm³/mol. The van der Waals surface area contributed by atoms with Gasteiger partial charge in [-0.05, 0) is 43.9 Å². The van der Waals surface area contributed by atoms with E-state index in [2.05, 4.69) is 6.92 Å².